The Bertz CT molecular complexity index is 1040. The number of nitrogens with zero attached hydrogens (tertiary/aromatic N) is 1. The second kappa shape index (κ2) is 9.43. The molecule has 0 saturated carbocycles. The third kappa shape index (κ3) is 5.85. The van der Waals surface area contributed by atoms with Crippen LogP contribution < -0.4 is 15.5 Å². The fourth-order valence-corrected chi connectivity index (χ4v) is 2.90. The highest BCUT2D eigenvalue weighted by molar-refractivity contribution is 7.12. The number of hydrogen-bond donors (Lipinski definition) is 2. The summed E-state index contributed by atoms with van der Waals surface area (Å²) in [7, 11) is 0. The molecule has 0 fully saturated rings. The van der Waals surface area contributed by atoms with Crippen molar-refractivity contribution in [1.29, 1.82) is 0 Å². The van der Waals surface area contributed by atoms with Gasteiger partial charge in [0.15, 0.2) is 0 Å². The fourth-order valence-electron chi connectivity index (χ4n) is 2.30. The summed E-state index contributed by atoms with van der Waals surface area (Å²) in [6.07, 6.45) is 1.38. The molecular formula is C21H17N3O4S. The Labute approximate surface area is 171 Å². The normalized spacial score (nSPS) is 10.5. The summed E-state index contributed by atoms with van der Waals surface area (Å²) in [5.41, 5.74) is 4.31. The van der Waals surface area contributed by atoms with Crippen molar-refractivity contribution in [3.05, 3.63) is 82.0 Å². The molecular weight excluding hydrogens is 390 g/mol. The lowest BCUT2D eigenvalue weighted by Gasteiger charge is -2.04. The minimum Gasteiger partial charge on any atom is -0.422 e. The van der Waals surface area contributed by atoms with Crippen molar-refractivity contribution < 1.29 is 19.1 Å². The van der Waals surface area contributed by atoms with Crippen LogP contribution in [0.2, 0.25) is 0 Å². The van der Waals surface area contributed by atoms with Crippen molar-refractivity contribution in [2.24, 2.45) is 5.10 Å². The number of ether oxygens (including phenoxy) is 1. The van der Waals surface area contributed by atoms with E-state index in [2.05, 4.69) is 15.8 Å². The monoisotopic (exact) mass is 407 g/mol. The number of thiophene rings is 1. The van der Waals surface area contributed by atoms with Crippen LogP contribution in [0.1, 0.15) is 20.8 Å². The summed E-state index contributed by atoms with van der Waals surface area (Å²) in [5, 5.41) is 8.05. The van der Waals surface area contributed by atoms with E-state index in [-0.39, 0.29) is 0 Å². The van der Waals surface area contributed by atoms with Crippen LogP contribution in [-0.4, -0.2) is 24.0 Å². The molecule has 3 rings (SSSR count). The summed E-state index contributed by atoms with van der Waals surface area (Å²) >= 11 is 1.30. The van der Waals surface area contributed by atoms with Crippen molar-refractivity contribution in [1.82, 2.24) is 5.43 Å². The van der Waals surface area contributed by atoms with Crippen molar-refractivity contribution in [2.75, 3.05) is 5.32 Å². The summed E-state index contributed by atoms with van der Waals surface area (Å²) in [4.78, 5) is 36.1. The van der Waals surface area contributed by atoms with Crippen molar-refractivity contribution in [2.45, 2.75) is 6.92 Å². The number of amides is 2. The molecule has 3 aromatic rings. The van der Waals surface area contributed by atoms with Gasteiger partial charge in [0.1, 0.15) is 10.6 Å². The number of anilines is 1. The number of esters is 1. The Kier molecular flexibility index (Phi) is 6.49. The molecule has 0 spiro atoms. The van der Waals surface area contributed by atoms with Gasteiger partial charge in [-0.3, -0.25) is 9.59 Å². The molecule has 0 unspecified atom stereocenters. The van der Waals surface area contributed by atoms with Crippen LogP contribution in [0.5, 0.6) is 5.75 Å². The first-order valence-corrected chi connectivity index (χ1v) is 9.46. The van der Waals surface area contributed by atoms with Gasteiger partial charge in [0.05, 0.1) is 6.21 Å². The van der Waals surface area contributed by atoms with E-state index in [0.29, 0.717) is 21.9 Å². The molecule has 8 heteroatoms. The first-order valence-electron chi connectivity index (χ1n) is 8.58. The van der Waals surface area contributed by atoms with Gasteiger partial charge >= 0.3 is 17.8 Å². The first kappa shape index (κ1) is 20.0. The molecule has 0 radical (unpaired) electrons. The van der Waals surface area contributed by atoms with Gasteiger partial charge in [0, 0.05) is 5.69 Å². The van der Waals surface area contributed by atoms with Crippen LogP contribution >= 0.6 is 11.3 Å². The smallest absolute Gasteiger partial charge is 0.353 e. The van der Waals surface area contributed by atoms with Gasteiger partial charge in [-0.05, 0) is 65.9 Å². The van der Waals surface area contributed by atoms with Gasteiger partial charge in [-0.25, -0.2) is 10.2 Å². The zero-order valence-electron chi connectivity index (χ0n) is 15.4. The van der Waals surface area contributed by atoms with Gasteiger partial charge < -0.3 is 10.1 Å². The quantitative estimate of drug-likeness (QED) is 0.223. The number of rotatable bonds is 5. The molecule has 0 bridgehead atoms. The number of hydrogen-bond acceptors (Lipinski definition) is 6. The lowest BCUT2D eigenvalue weighted by Crippen LogP contribution is -2.32. The standard InChI is InChI=1S/C21H17N3O4S/c1-14-4-2-5-16(12-14)23-19(25)20(26)24-22-13-15-7-9-17(10-8-15)28-21(27)18-6-3-11-29-18/h2-13H,1H3,(H,23,25)(H,24,26)/b22-13+. The Hall–Kier alpha value is -3.78. The summed E-state index contributed by atoms with van der Waals surface area (Å²) in [6, 6.07) is 17.1. The number of nitrogens with one attached hydrogen (secondary N) is 2. The SMILES string of the molecule is Cc1cccc(NC(=O)C(=O)N/N=C/c2ccc(OC(=O)c3cccs3)cc2)c1. The maximum Gasteiger partial charge on any atom is 0.353 e. The van der Waals surface area contributed by atoms with E-state index < -0.39 is 17.8 Å². The molecule has 2 N–H and O–H groups in total. The minimum absolute atomic E-state index is 0.391. The lowest BCUT2D eigenvalue weighted by atomic mass is 10.2. The van der Waals surface area contributed by atoms with Gasteiger partial charge in [-0.15, -0.1) is 11.3 Å². The van der Waals surface area contributed by atoms with Crippen LogP contribution in [-0.2, 0) is 9.59 Å². The van der Waals surface area contributed by atoms with E-state index >= 15 is 0 Å². The summed E-state index contributed by atoms with van der Waals surface area (Å²) in [6.45, 7) is 1.88. The Morgan fingerprint density at radius 3 is 2.48 bits per heavy atom. The maximum absolute atomic E-state index is 11.9. The molecule has 2 amide bonds. The molecule has 0 aliphatic rings. The molecule has 0 atom stereocenters. The van der Waals surface area contributed by atoms with Crippen LogP contribution in [0.3, 0.4) is 0 Å². The van der Waals surface area contributed by atoms with Crippen molar-refractivity contribution >= 4 is 41.0 Å². The molecule has 1 aromatic heterocycles. The number of hydrazone groups is 1. The average Bonchev–Trinajstić information content (AvgIpc) is 3.24. The molecule has 2 aromatic carbocycles. The zero-order valence-corrected chi connectivity index (χ0v) is 16.2. The Morgan fingerprint density at radius 1 is 1.00 bits per heavy atom. The number of aryl methyl sites for hydroxylation is 1. The second-order valence-electron chi connectivity index (χ2n) is 5.96. The third-order valence-electron chi connectivity index (χ3n) is 3.67. The zero-order chi connectivity index (χ0) is 20.6. The van der Waals surface area contributed by atoms with E-state index in [1.807, 2.05) is 13.0 Å². The largest absolute Gasteiger partial charge is 0.422 e. The number of carbonyl (C=O) groups is 3. The highest BCUT2D eigenvalue weighted by Crippen LogP contribution is 2.16. The topological polar surface area (TPSA) is 96.9 Å². The fraction of sp³-hybridized carbons (Fsp3) is 0.0476. The highest BCUT2D eigenvalue weighted by atomic mass is 32.1. The van der Waals surface area contributed by atoms with Crippen LogP contribution in [0.15, 0.2) is 71.1 Å². The van der Waals surface area contributed by atoms with Gasteiger partial charge in [-0.1, -0.05) is 18.2 Å². The molecule has 0 aliphatic heterocycles. The Morgan fingerprint density at radius 2 is 1.79 bits per heavy atom. The maximum atomic E-state index is 11.9. The van der Waals surface area contributed by atoms with Gasteiger partial charge in [0.25, 0.3) is 0 Å². The Balaban J connectivity index is 1.50. The average molecular weight is 407 g/mol. The lowest BCUT2D eigenvalue weighted by molar-refractivity contribution is -0.136. The van der Waals surface area contributed by atoms with Crippen LogP contribution in [0.4, 0.5) is 5.69 Å². The third-order valence-corrected chi connectivity index (χ3v) is 4.52. The molecule has 0 aliphatic carbocycles. The summed E-state index contributed by atoms with van der Waals surface area (Å²) in [5.74, 6) is -1.73. The molecule has 29 heavy (non-hydrogen) atoms. The first-order chi connectivity index (χ1) is 14.0. The van der Waals surface area contributed by atoms with E-state index in [0.717, 1.165) is 5.56 Å². The van der Waals surface area contributed by atoms with Gasteiger partial charge in [-0.2, -0.15) is 5.10 Å². The predicted octanol–water partition coefficient (Wildman–Crippen LogP) is 3.36. The van der Waals surface area contributed by atoms with E-state index in [4.69, 9.17) is 4.74 Å². The molecule has 7 nitrogen and oxygen atoms in total. The van der Waals surface area contributed by atoms with E-state index in [1.165, 1.54) is 17.6 Å². The molecule has 0 saturated heterocycles. The second-order valence-corrected chi connectivity index (χ2v) is 6.91. The minimum atomic E-state index is -0.885. The van der Waals surface area contributed by atoms with E-state index in [1.54, 1.807) is 60.0 Å². The van der Waals surface area contributed by atoms with Crippen molar-refractivity contribution in [3.63, 3.8) is 0 Å². The number of benzene rings is 2. The predicted molar refractivity (Wildman–Crippen MR) is 111 cm³/mol. The van der Waals surface area contributed by atoms with Crippen LogP contribution in [0.25, 0.3) is 0 Å². The van der Waals surface area contributed by atoms with Crippen LogP contribution in [0, 0.1) is 6.92 Å². The van der Waals surface area contributed by atoms with Gasteiger partial charge in [0.2, 0.25) is 0 Å². The van der Waals surface area contributed by atoms with Crippen molar-refractivity contribution in [3.8, 4) is 5.75 Å². The number of carbonyl (C=O) groups excluding carboxylic acids is 3. The molecule has 146 valence electrons. The van der Waals surface area contributed by atoms with E-state index in [9.17, 15) is 14.4 Å². The molecule has 1 heterocycles. The highest BCUT2D eigenvalue weighted by Gasteiger charge is 2.13. The summed E-state index contributed by atoms with van der Waals surface area (Å²) < 4.78 is 5.26.